The Morgan fingerprint density at radius 1 is 1.25 bits per heavy atom. The first-order valence-corrected chi connectivity index (χ1v) is 4.30. The summed E-state index contributed by atoms with van der Waals surface area (Å²) in [7, 11) is 0. The quantitative estimate of drug-likeness (QED) is 0.686. The van der Waals surface area contributed by atoms with Crippen molar-refractivity contribution in [2.75, 3.05) is 6.61 Å². The van der Waals surface area contributed by atoms with E-state index in [1.165, 1.54) is 0 Å². The van der Waals surface area contributed by atoms with Gasteiger partial charge in [0.2, 0.25) is 0 Å². The number of ether oxygens (including phenoxy) is 1. The van der Waals surface area contributed by atoms with E-state index in [1.54, 1.807) is 0 Å². The molecule has 0 aliphatic heterocycles. The van der Waals surface area contributed by atoms with E-state index >= 15 is 0 Å². The second-order valence-corrected chi connectivity index (χ2v) is 2.93. The van der Waals surface area contributed by atoms with Crippen LogP contribution in [-0.4, -0.2) is 11.6 Å². The molecule has 0 fully saturated rings. The number of rotatable bonds is 3. The molecule has 0 N–H and O–H groups in total. The molecule has 0 spiro atoms. The summed E-state index contributed by atoms with van der Waals surface area (Å²) < 4.78 is 5.48. The van der Waals surface area contributed by atoms with Crippen LogP contribution in [0.25, 0.3) is 0 Å². The van der Waals surface area contributed by atoms with E-state index in [9.17, 15) is 0 Å². The molecule has 0 bridgehead atoms. The monoisotopic (exact) mass is 165 g/mol. The average Bonchev–Trinajstić information content (AvgIpc) is 1.99. The molecule has 0 saturated heterocycles. The summed E-state index contributed by atoms with van der Waals surface area (Å²) in [5, 5.41) is 0. The molecule has 12 heavy (non-hydrogen) atoms. The highest BCUT2D eigenvalue weighted by Gasteiger charge is 1.96. The van der Waals surface area contributed by atoms with E-state index in [2.05, 4.69) is 11.9 Å². The highest BCUT2D eigenvalue weighted by atomic mass is 16.5. The zero-order chi connectivity index (χ0) is 8.97. The van der Waals surface area contributed by atoms with E-state index in [0.717, 1.165) is 30.2 Å². The van der Waals surface area contributed by atoms with Crippen LogP contribution in [0.3, 0.4) is 0 Å². The van der Waals surface area contributed by atoms with Gasteiger partial charge in [-0.05, 0) is 20.3 Å². The Labute approximate surface area is 73.6 Å². The molecule has 1 aromatic heterocycles. The van der Waals surface area contributed by atoms with Crippen LogP contribution in [0.1, 0.15) is 24.7 Å². The summed E-state index contributed by atoms with van der Waals surface area (Å²) in [6.45, 7) is 6.83. The molecular weight excluding hydrogens is 150 g/mol. The molecule has 1 rings (SSSR count). The van der Waals surface area contributed by atoms with Gasteiger partial charge in [-0.2, -0.15) is 0 Å². The van der Waals surface area contributed by atoms with Crippen LogP contribution in [0.2, 0.25) is 0 Å². The Morgan fingerprint density at radius 3 is 2.33 bits per heavy atom. The molecule has 2 nitrogen and oxygen atoms in total. The van der Waals surface area contributed by atoms with E-state index < -0.39 is 0 Å². The zero-order valence-electron chi connectivity index (χ0n) is 7.92. The minimum absolute atomic E-state index is 0.781. The topological polar surface area (TPSA) is 22.1 Å². The number of hydrogen-bond acceptors (Lipinski definition) is 2. The summed E-state index contributed by atoms with van der Waals surface area (Å²) in [6.07, 6.45) is 1.04. The van der Waals surface area contributed by atoms with Crippen molar-refractivity contribution in [1.82, 2.24) is 4.98 Å². The maximum atomic E-state index is 5.48. The van der Waals surface area contributed by atoms with Crippen LogP contribution >= 0.6 is 0 Å². The van der Waals surface area contributed by atoms with Crippen LogP contribution in [-0.2, 0) is 0 Å². The molecule has 0 aromatic carbocycles. The lowest BCUT2D eigenvalue weighted by molar-refractivity contribution is 0.316. The molecule has 0 atom stereocenters. The average molecular weight is 165 g/mol. The van der Waals surface area contributed by atoms with Gasteiger partial charge in [-0.1, -0.05) is 6.92 Å². The lowest BCUT2D eigenvalue weighted by Gasteiger charge is -2.05. The lowest BCUT2D eigenvalue weighted by Crippen LogP contribution is -1.96. The number of pyridine rings is 1. The standard InChI is InChI=1S/C10H15NO/c1-4-5-12-10-6-8(2)11-9(3)7-10/h6-7H,4-5H2,1-3H3. The van der Waals surface area contributed by atoms with Crippen molar-refractivity contribution in [1.29, 1.82) is 0 Å². The fraction of sp³-hybridized carbons (Fsp3) is 0.500. The molecule has 0 aliphatic carbocycles. The fourth-order valence-corrected chi connectivity index (χ4v) is 1.10. The molecular formula is C10H15NO. The van der Waals surface area contributed by atoms with Gasteiger partial charge < -0.3 is 4.74 Å². The lowest BCUT2D eigenvalue weighted by atomic mass is 10.3. The number of nitrogens with zero attached hydrogens (tertiary/aromatic N) is 1. The third kappa shape index (κ3) is 2.53. The second kappa shape index (κ2) is 4.10. The largest absolute Gasteiger partial charge is 0.493 e. The summed E-state index contributed by atoms with van der Waals surface area (Å²) in [4.78, 5) is 4.26. The first-order chi connectivity index (χ1) is 5.72. The molecule has 0 amide bonds. The molecule has 0 unspecified atom stereocenters. The molecule has 0 saturated carbocycles. The predicted octanol–water partition coefficient (Wildman–Crippen LogP) is 2.49. The van der Waals surface area contributed by atoms with E-state index in [1.807, 2.05) is 26.0 Å². The zero-order valence-corrected chi connectivity index (χ0v) is 7.92. The maximum absolute atomic E-state index is 5.48. The van der Waals surface area contributed by atoms with Crippen LogP contribution < -0.4 is 4.74 Å². The minimum atomic E-state index is 0.781. The predicted molar refractivity (Wildman–Crippen MR) is 49.5 cm³/mol. The Bertz CT molecular complexity index is 238. The normalized spacial score (nSPS) is 9.92. The summed E-state index contributed by atoms with van der Waals surface area (Å²) >= 11 is 0. The van der Waals surface area contributed by atoms with Gasteiger partial charge in [-0.15, -0.1) is 0 Å². The maximum Gasteiger partial charge on any atom is 0.122 e. The smallest absolute Gasteiger partial charge is 0.122 e. The van der Waals surface area contributed by atoms with Crippen molar-refractivity contribution >= 4 is 0 Å². The van der Waals surface area contributed by atoms with Gasteiger partial charge >= 0.3 is 0 Å². The van der Waals surface area contributed by atoms with Crippen molar-refractivity contribution in [2.24, 2.45) is 0 Å². The molecule has 0 aliphatic rings. The Kier molecular flexibility index (Phi) is 3.09. The first-order valence-electron chi connectivity index (χ1n) is 4.30. The Morgan fingerprint density at radius 2 is 1.83 bits per heavy atom. The van der Waals surface area contributed by atoms with Crippen molar-refractivity contribution < 1.29 is 4.74 Å². The summed E-state index contributed by atoms with van der Waals surface area (Å²) in [5.74, 6) is 0.932. The van der Waals surface area contributed by atoms with Crippen LogP contribution in [0, 0.1) is 13.8 Å². The number of hydrogen-bond donors (Lipinski definition) is 0. The van der Waals surface area contributed by atoms with Crippen molar-refractivity contribution in [3.8, 4) is 5.75 Å². The van der Waals surface area contributed by atoms with Gasteiger partial charge in [-0.3, -0.25) is 4.98 Å². The summed E-state index contributed by atoms with van der Waals surface area (Å²) in [5.41, 5.74) is 2.03. The van der Waals surface area contributed by atoms with Crippen molar-refractivity contribution in [3.63, 3.8) is 0 Å². The number of aryl methyl sites for hydroxylation is 2. The highest BCUT2D eigenvalue weighted by Crippen LogP contribution is 2.13. The van der Waals surface area contributed by atoms with Gasteiger partial charge in [0.1, 0.15) is 5.75 Å². The van der Waals surface area contributed by atoms with E-state index in [4.69, 9.17) is 4.74 Å². The van der Waals surface area contributed by atoms with E-state index in [0.29, 0.717) is 0 Å². The summed E-state index contributed by atoms with van der Waals surface area (Å²) in [6, 6.07) is 3.92. The Balaban J connectivity index is 2.72. The van der Waals surface area contributed by atoms with Crippen LogP contribution in [0.4, 0.5) is 0 Å². The van der Waals surface area contributed by atoms with Gasteiger partial charge in [0.25, 0.3) is 0 Å². The molecule has 0 radical (unpaired) electrons. The van der Waals surface area contributed by atoms with Gasteiger partial charge in [0, 0.05) is 23.5 Å². The highest BCUT2D eigenvalue weighted by molar-refractivity contribution is 5.25. The SMILES string of the molecule is CCCOc1cc(C)nc(C)c1. The van der Waals surface area contributed by atoms with Crippen molar-refractivity contribution in [2.45, 2.75) is 27.2 Å². The van der Waals surface area contributed by atoms with Gasteiger partial charge in [0.15, 0.2) is 0 Å². The Hall–Kier alpha value is -1.05. The minimum Gasteiger partial charge on any atom is -0.493 e. The third-order valence-corrected chi connectivity index (χ3v) is 1.53. The van der Waals surface area contributed by atoms with Gasteiger partial charge in [0.05, 0.1) is 6.61 Å². The molecule has 1 aromatic rings. The third-order valence-electron chi connectivity index (χ3n) is 1.53. The molecule has 2 heteroatoms. The van der Waals surface area contributed by atoms with Crippen molar-refractivity contribution in [3.05, 3.63) is 23.5 Å². The molecule has 1 heterocycles. The van der Waals surface area contributed by atoms with E-state index in [-0.39, 0.29) is 0 Å². The van der Waals surface area contributed by atoms with Gasteiger partial charge in [-0.25, -0.2) is 0 Å². The van der Waals surface area contributed by atoms with Crippen LogP contribution in [0.5, 0.6) is 5.75 Å². The fourth-order valence-electron chi connectivity index (χ4n) is 1.10. The van der Waals surface area contributed by atoms with Crippen LogP contribution in [0.15, 0.2) is 12.1 Å². The first kappa shape index (κ1) is 9.04. The number of aromatic nitrogens is 1. The second-order valence-electron chi connectivity index (χ2n) is 2.93. The molecule has 66 valence electrons.